The predicted molar refractivity (Wildman–Crippen MR) is 674 cm³/mol. The maximum Gasteiger partial charge on any atom is 0.339 e. The van der Waals surface area contributed by atoms with Crippen molar-refractivity contribution in [2.24, 2.45) is 10.3 Å². The SMILES string of the molecule is CS(=O)(=O)N=C([O-])c1cc(I)cc(I)c1I.C[N+](C)(C)CCOC(=O)c1cccc2ccccc12.O=C(OCCN1CCOCC1)c1cc(I)cc(I)c1I.O=C(OCCN1CCS(=O)(=O)CC1)c1cc(I)cc(I)c1I.O=C(OCC[NH+]1CCOCC1)C1CCCCC1.O=C([O-])CCC(=O)Oc1c(I)cc(I)cc1I.O=C([O-])c1c(I)ccc(I)c1I.c1ccc([S+](c2ccccc2)c2ccccc2)cc1. The van der Waals surface area contributed by atoms with Gasteiger partial charge < -0.3 is 67.4 Å². The van der Waals surface area contributed by atoms with Crippen LogP contribution >= 0.6 is 339 Å². The van der Waals surface area contributed by atoms with Gasteiger partial charge in [0.15, 0.2) is 30.3 Å². The van der Waals surface area contributed by atoms with Gasteiger partial charge in [-0.2, -0.15) is 4.40 Å². The summed E-state index contributed by atoms with van der Waals surface area (Å²) >= 11 is 31.7. The summed E-state index contributed by atoms with van der Waals surface area (Å²) in [7, 11) is -0.303. The number of quaternary nitrogens is 2. The Bertz CT molecular complexity index is 6020. The Morgan fingerprint density at radius 2 is 0.887 bits per heavy atom. The van der Waals surface area contributed by atoms with Crippen LogP contribution in [-0.2, 0) is 73.6 Å². The monoisotopic (exact) mass is 3680 g/mol. The number of ether oxygens (including phenoxy) is 7. The number of benzene rings is 10. The molecule has 0 spiro atoms. The Morgan fingerprint density at radius 1 is 0.465 bits per heavy atom. The fourth-order valence-electron chi connectivity index (χ4n) is 13.2. The Hall–Kier alpha value is -0.820. The first-order chi connectivity index (χ1) is 67.3. The number of aliphatic carboxylic acids is 1. The summed E-state index contributed by atoms with van der Waals surface area (Å²) in [5.41, 5.74) is 2.49. The van der Waals surface area contributed by atoms with Gasteiger partial charge in [0.25, 0.3) is 0 Å². The number of halogens is 15. The van der Waals surface area contributed by atoms with Gasteiger partial charge in [0, 0.05) is 109 Å². The number of sulfone groups is 1. The lowest BCUT2D eigenvalue weighted by Gasteiger charge is -2.26. The van der Waals surface area contributed by atoms with Crippen LogP contribution in [0.2, 0.25) is 0 Å². The Balaban J connectivity index is 0.000000221. The number of nitrogens with zero attached hydrogens (tertiary/aromatic N) is 4. The molecule has 44 heteroatoms. The lowest BCUT2D eigenvalue weighted by molar-refractivity contribution is -0.908. The number of esters is 5. The molecule has 4 fully saturated rings. The summed E-state index contributed by atoms with van der Waals surface area (Å²) in [4.78, 5) is 90.3. The van der Waals surface area contributed by atoms with Crippen LogP contribution in [0.3, 0.4) is 0 Å². The number of carboxylic acids is 2. The summed E-state index contributed by atoms with van der Waals surface area (Å²) in [5.74, 6) is -3.38. The molecule has 3 aliphatic heterocycles. The van der Waals surface area contributed by atoms with Crippen LogP contribution in [0.25, 0.3) is 10.8 Å². The van der Waals surface area contributed by atoms with Crippen molar-refractivity contribution in [1.29, 1.82) is 0 Å². The minimum atomic E-state index is -3.65. The van der Waals surface area contributed by atoms with Crippen LogP contribution < -0.4 is 25.0 Å². The lowest BCUT2D eigenvalue weighted by atomic mass is 9.89. The van der Waals surface area contributed by atoms with E-state index in [0.29, 0.717) is 73.0 Å². The van der Waals surface area contributed by atoms with Crippen molar-refractivity contribution in [2.45, 2.75) is 59.6 Å². The Labute approximate surface area is 1040 Å². The number of nitrogens with one attached hydrogen (secondary N) is 1. The molecule has 1 saturated carbocycles. The number of likely N-dealkylation sites (N-methyl/N-ethyl adjacent to an activating group) is 1. The molecule has 26 nitrogen and oxygen atoms in total. The van der Waals surface area contributed by atoms with Gasteiger partial charge in [-0.3, -0.25) is 19.4 Å². The molecule has 4 aliphatic rings. The highest BCUT2D eigenvalue weighted by Crippen LogP contribution is 2.34. The number of carbonyl (C=O) groups excluding carboxylic acids is 7. The molecule has 10 aromatic carbocycles. The smallest absolute Gasteiger partial charge is 0.339 e. The molecule has 0 aromatic heterocycles. The molecule has 142 heavy (non-hydrogen) atoms. The van der Waals surface area contributed by atoms with Gasteiger partial charge in [-0.1, -0.05) is 110 Å². The van der Waals surface area contributed by atoms with E-state index in [4.69, 9.17) is 33.2 Å². The molecule has 10 aromatic rings. The Kier molecular flexibility index (Phi) is 60.5. The Morgan fingerprint density at radius 3 is 1.36 bits per heavy atom. The van der Waals surface area contributed by atoms with Gasteiger partial charge in [0.05, 0.1) is 118 Å². The average molecular weight is 3680 g/mol. The highest BCUT2D eigenvalue weighted by molar-refractivity contribution is 14.1. The quantitative estimate of drug-likeness (QED) is 0.00605. The van der Waals surface area contributed by atoms with Gasteiger partial charge in [-0.25, -0.2) is 31.2 Å². The van der Waals surface area contributed by atoms with Gasteiger partial charge in [0.1, 0.15) is 52.6 Å². The second-order valence-corrected chi connectivity index (χ2v) is 55.6. The van der Waals surface area contributed by atoms with Gasteiger partial charge >= 0.3 is 29.8 Å². The van der Waals surface area contributed by atoms with Crippen molar-refractivity contribution < 1.29 is 108 Å². The molecular weight excluding hydrogens is 3580 g/mol. The fourth-order valence-corrected chi connectivity index (χ4v) is 30.2. The predicted octanol–water partition coefficient (Wildman–Crippen LogP) is 18.3. The number of hydrogen-bond donors (Lipinski definition) is 1. The molecule has 766 valence electrons. The number of fused-ring (bicyclic) bond motifs is 1. The van der Waals surface area contributed by atoms with E-state index in [1.54, 1.807) is 12.1 Å². The summed E-state index contributed by atoms with van der Waals surface area (Å²) < 4.78 is 99.2. The normalized spacial score (nSPS) is 14.4. The highest BCUT2D eigenvalue weighted by Gasteiger charge is 2.30. The van der Waals surface area contributed by atoms with E-state index >= 15 is 0 Å². The van der Waals surface area contributed by atoms with Crippen molar-refractivity contribution >= 4 is 428 Å². The van der Waals surface area contributed by atoms with Crippen LogP contribution in [0.5, 0.6) is 5.75 Å². The zero-order chi connectivity index (χ0) is 104. The summed E-state index contributed by atoms with van der Waals surface area (Å²) in [6.07, 6.45) is 6.12. The van der Waals surface area contributed by atoms with E-state index in [0.717, 1.165) is 160 Å². The molecule has 3 heterocycles. The van der Waals surface area contributed by atoms with Gasteiger partial charge in [0.2, 0.25) is 10.0 Å². The average Bonchev–Trinajstić information content (AvgIpc) is 0.793. The van der Waals surface area contributed by atoms with E-state index in [1.807, 2.05) is 164 Å². The number of carbonyl (C=O) groups is 7. The van der Waals surface area contributed by atoms with Crippen LogP contribution in [0.1, 0.15) is 91.9 Å². The van der Waals surface area contributed by atoms with Crippen molar-refractivity contribution in [2.75, 3.05) is 157 Å². The first-order valence-corrected chi connectivity index (χ1v) is 64.7. The fraction of sp³-hybridized carbons (Fsp3) is 0.327. The molecule has 0 radical (unpaired) electrons. The third-order valence-corrected chi connectivity index (χ3v) is 42.0. The number of rotatable bonds is 26. The summed E-state index contributed by atoms with van der Waals surface area (Å²) in [6, 6.07) is 64.4. The minimum Gasteiger partial charge on any atom is -0.858 e. The van der Waals surface area contributed by atoms with E-state index in [9.17, 15) is 65.7 Å². The second kappa shape index (κ2) is 67.1. The van der Waals surface area contributed by atoms with Crippen molar-refractivity contribution in [3.63, 3.8) is 0 Å². The van der Waals surface area contributed by atoms with Crippen LogP contribution in [0, 0.1) is 59.5 Å². The molecule has 0 atom stereocenters. The van der Waals surface area contributed by atoms with Crippen LogP contribution in [0.4, 0.5) is 0 Å². The van der Waals surface area contributed by atoms with Crippen LogP contribution in [0.15, 0.2) is 213 Å². The number of hydrogen-bond acceptors (Lipinski definition) is 23. The molecule has 3 saturated heterocycles. The minimum absolute atomic E-state index is 0.0146. The molecular formula is C98H100I15N5O21S3. The first kappa shape index (κ1) is 128. The number of sulfonamides is 1. The van der Waals surface area contributed by atoms with Crippen LogP contribution in [-0.4, -0.2) is 236 Å². The topological polar surface area (TPSA) is 345 Å². The highest BCUT2D eigenvalue weighted by atomic mass is 127. The van der Waals surface area contributed by atoms with E-state index in [2.05, 4.69) is 393 Å². The summed E-state index contributed by atoms with van der Waals surface area (Å²) in [6.45, 7) is 12.9. The molecule has 1 N–H and O–H groups in total. The van der Waals surface area contributed by atoms with Gasteiger partial charge in [-0.15, -0.1) is 0 Å². The zero-order valence-corrected chi connectivity index (χ0v) is 112. The summed E-state index contributed by atoms with van der Waals surface area (Å²) in [5, 5.41) is 34.5. The third-order valence-electron chi connectivity index (χ3n) is 20.5. The molecule has 1 aliphatic carbocycles. The standard InChI is InChI=1S/C18H15S.C16H20NO2.C13H14I3NO4S.C13H14I3NO3.C13H23NO3.C10H7I3O4.C8H6I3NO3S.C7H3I3O2/c1-4-10-16(11-5-1)19(17-12-6-2-7-13-17)18-14-8-3-9-15-18;1-17(2,3)11-12-19-16(18)15-10-6-8-13-7-4-5-9-14(13)15;14-9-7-10(12(16)11(15)8-9)13(18)21-4-1-17-2-5-22(19,20)6-3-17;14-9-7-10(12(16)11(15)8-9)13(18)20-6-3-17-1-4-19-5-2-17;15-13(12-4-2-1-3-5-12)17-11-8-14-6-9-16-10-7-14;11-5-3-6(12)10(7(13)4-5)17-9(16)2-1-8(14)15;1-16(14,15)12-8(13)5-2-4(9)3-6(10)7(5)11;8-3-1-2-4(9)6(10)5(3)7(11)12/h1-15H;4-10H,11-12H2,1-3H3;7-8H,1-6H2;7-8H,1-6H2;12H,1-11H2;3-4H,1-2H2,(H,14,15);2-3H,1H3,(H,12,13);1-2H,(H,11,12)/q2*+1;;;;;;/p-2. The second-order valence-electron chi connectivity index (χ2n) is 32.2. The largest absolute Gasteiger partial charge is 0.858 e. The maximum atomic E-state index is 12.2. The maximum absolute atomic E-state index is 12.2. The molecule has 14 rings (SSSR count). The van der Waals surface area contributed by atoms with Crippen molar-refractivity contribution in [1.82, 2.24) is 9.80 Å². The van der Waals surface area contributed by atoms with Crippen molar-refractivity contribution in [3.05, 3.63) is 275 Å². The molecule has 0 bridgehead atoms. The molecule has 0 unspecified atom stereocenters. The van der Waals surface area contributed by atoms with E-state index in [1.165, 1.54) is 38.8 Å². The number of morpholine rings is 2. The van der Waals surface area contributed by atoms with E-state index < -0.39 is 43.7 Å². The zero-order valence-electron chi connectivity index (χ0n) is 76.9. The third kappa shape index (κ3) is 47.6. The van der Waals surface area contributed by atoms with Gasteiger partial charge in [-0.05, 0) is 472 Å². The van der Waals surface area contributed by atoms with Crippen molar-refractivity contribution in [3.8, 4) is 5.75 Å². The molecule has 0 amide bonds. The lowest BCUT2D eigenvalue weighted by Crippen LogP contribution is -3.14. The number of aromatic carboxylic acids is 1. The first-order valence-electron chi connectivity index (χ1n) is 43.6. The van der Waals surface area contributed by atoms with E-state index in [-0.39, 0.29) is 71.6 Å². The number of carboxylic acid groups (broad SMARTS) is 2.